The van der Waals surface area contributed by atoms with Gasteiger partial charge in [0.15, 0.2) is 6.17 Å². The van der Waals surface area contributed by atoms with Crippen molar-refractivity contribution in [2.45, 2.75) is 13.1 Å². The molecule has 2 aromatic rings. The van der Waals surface area contributed by atoms with Crippen molar-refractivity contribution in [3.05, 3.63) is 71.7 Å². The van der Waals surface area contributed by atoms with Gasteiger partial charge in [-0.3, -0.25) is 9.97 Å². The number of aromatic nitrogens is 2. The summed E-state index contributed by atoms with van der Waals surface area (Å²) >= 11 is 0. The number of allylic oxidation sites excluding steroid dienone is 2. The Morgan fingerprint density at radius 1 is 1.13 bits per heavy atom. The minimum Gasteiger partial charge on any atom is -0.358 e. The third kappa shape index (κ3) is 2.38. The Kier molecular flexibility index (Phi) is 3.15. The van der Waals surface area contributed by atoms with Crippen molar-refractivity contribution in [1.82, 2.24) is 20.6 Å². The van der Waals surface area contributed by atoms with Crippen LogP contribution in [0.2, 0.25) is 0 Å². The average Bonchev–Trinajstić information content (AvgIpc) is 2.94. The van der Waals surface area contributed by atoms with E-state index in [9.17, 15) is 4.39 Å². The first-order chi connectivity index (χ1) is 11.2. The lowest BCUT2D eigenvalue weighted by Crippen LogP contribution is -2.32. The van der Waals surface area contributed by atoms with Crippen molar-refractivity contribution in [3.63, 3.8) is 0 Å². The van der Waals surface area contributed by atoms with Gasteiger partial charge in [0.2, 0.25) is 0 Å². The van der Waals surface area contributed by atoms with Gasteiger partial charge in [-0.1, -0.05) is 0 Å². The number of dihydropyridines is 1. The van der Waals surface area contributed by atoms with Gasteiger partial charge in [0.25, 0.3) is 0 Å². The Labute approximate surface area is 132 Å². The molecule has 1 atom stereocenters. The highest BCUT2D eigenvalue weighted by Crippen LogP contribution is 2.33. The molecule has 2 aliphatic rings. The Hall–Kier alpha value is -3.02. The molecule has 0 saturated heterocycles. The Balaban J connectivity index is 1.91. The highest BCUT2D eigenvalue weighted by Gasteiger charge is 2.28. The zero-order valence-electron chi connectivity index (χ0n) is 12.4. The van der Waals surface area contributed by atoms with Crippen LogP contribution < -0.4 is 10.6 Å². The summed E-state index contributed by atoms with van der Waals surface area (Å²) in [5.41, 5.74) is 3.83. The fourth-order valence-corrected chi connectivity index (χ4v) is 2.80. The number of amidine groups is 1. The number of pyridine rings is 2. The zero-order valence-corrected chi connectivity index (χ0v) is 12.4. The Bertz CT molecular complexity index is 854. The van der Waals surface area contributed by atoms with Gasteiger partial charge in [-0.05, 0) is 31.2 Å². The molecule has 5 nitrogen and oxygen atoms in total. The predicted molar refractivity (Wildman–Crippen MR) is 86.5 cm³/mol. The van der Waals surface area contributed by atoms with Crippen molar-refractivity contribution in [2.24, 2.45) is 4.99 Å². The molecule has 1 unspecified atom stereocenters. The van der Waals surface area contributed by atoms with E-state index in [0.717, 1.165) is 28.4 Å². The average molecular weight is 307 g/mol. The number of hydrogen-bond acceptors (Lipinski definition) is 5. The summed E-state index contributed by atoms with van der Waals surface area (Å²) in [6.07, 6.45) is 8.01. The lowest BCUT2D eigenvalue weighted by atomic mass is 9.96. The summed E-state index contributed by atoms with van der Waals surface area (Å²) in [5.74, 6) is 0.465. The van der Waals surface area contributed by atoms with Crippen molar-refractivity contribution < 1.29 is 4.39 Å². The molecule has 4 heterocycles. The molecule has 0 spiro atoms. The van der Waals surface area contributed by atoms with E-state index < -0.39 is 0 Å². The molecule has 6 heteroatoms. The summed E-state index contributed by atoms with van der Waals surface area (Å²) in [5, 5.41) is 6.58. The van der Waals surface area contributed by atoms with Crippen LogP contribution >= 0.6 is 0 Å². The van der Waals surface area contributed by atoms with E-state index in [4.69, 9.17) is 0 Å². The molecule has 0 amide bonds. The van der Waals surface area contributed by atoms with Crippen LogP contribution in [-0.4, -0.2) is 22.0 Å². The molecule has 0 saturated carbocycles. The lowest BCUT2D eigenvalue weighted by molar-refractivity contribution is 0.617. The highest BCUT2D eigenvalue weighted by atomic mass is 19.1. The maximum Gasteiger partial charge on any atom is 0.161 e. The van der Waals surface area contributed by atoms with Gasteiger partial charge in [-0.2, -0.15) is 0 Å². The second kappa shape index (κ2) is 5.31. The van der Waals surface area contributed by atoms with Crippen LogP contribution in [0.4, 0.5) is 4.39 Å². The van der Waals surface area contributed by atoms with Crippen molar-refractivity contribution in [1.29, 1.82) is 0 Å². The highest BCUT2D eigenvalue weighted by molar-refractivity contribution is 5.98. The number of nitrogens with one attached hydrogen (secondary N) is 2. The fourth-order valence-electron chi connectivity index (χ4n) is 2.80. The van der Waals surface area contributed by atoms with E-state index in [1.165, 1.54) is 6.20 Å². The van der Waals surface area contributed by atoms with Gasteiger partial charge in [0.05, 0.1) is 17.6 Å². The monoisotopic (exact) mass is 307 g/mol. The Morgan fingerprint density at radius 2 is 2.00 bits per heavy atom. The molecule has 0 bridgehead atoms. The first kappa shape index (κ1) is 13.6. The molecule has 23 heavy (non-hydrogen) atoms. The number of halogens is 1. The number of nitrogens with zero attached hydrogens (tertiary/aromatic N) is 3. The summed E-state index contributed by atoms with van der Waals surface area (Å²) in [7, 11) is 0. The van der Waals surface area contributed by atoms with Crippen LogP contribution in [0.5, 0.6) is 0 Å². The maximum atomic E-state index is 14.3. The standard InChI is InChI=1S/C17H14FN5/c1-10-21-15-7-13(12-4-6-20-9-14(12)18)16(23-17(15)22-10)11-3-2-5-19-8-11/h2-9,17,23H,1H3,(H,21,22). The van der Waals surface area contributed by atoms with Crippen LogP contribution in [0.1, 0.15) is 18.1 Å². The SMILES string of the molecule is CC1=NC2NC(c3cccnc3)=C(c3ccncc3F)C=C2N1. The molecular formula is C17H14FN5. The quantitative estimate of drug-likeness (QED) is 0.894. The summed E-state index contributed by atoms with van der Waals surface area (Å²) in [6, 6.07) is 5.46. The number of fused-ring (bicyclic) bond motifs is 1. The first-order valence-electron chi connectivity index (χ1n) is 7.26. The van der Waals surface area contributed by atoms with Crippen LogP contribution in [-0.2, 0) is 0 Å². The molecular weight excluding hydrogens is 293 g/mol. The van der Waals surface area contributed by atoms with E-state index >= 15 is 0 Å². The number of hydrogen-bond donors (Lipinski definition) is 2. The van der Waals surface area contributed by atoms with E-state index in [0.29, 0.717) is 5.56 Å². The summed E-state index contributed by atoms with van der Waals surface area (Å²) in [4.78, 5) is 12.5. The molecule has 2 aliphatic heterocycles. The lowest BCUT2D eigenvalue weighted by Gasteiger charge is -2.25. The minimum absolute atomic E-state index is 0.182. The molecule has 114 valence electrons. The Morgan fingerprint density at radius 3 is 2.78 bits per heavy atom. The third-order valence-corrected chi connectivity index (χ3v) is 3.81. The van der Waals surface area contributed by atoms with Crippen LogP contribution in [0, 0.1) is 5.82 Å². The van der Waals surface area contributed by atoms with E-state index in [1.807, 2.05) is 25.1 Å². The molecule has 0 aromatic carbocycles. The largest absolute Gasteiger partial charge is 0.358 e. The second-order valence-corrected chi connectivity index (χ2v) is 5.37. The van der Waals surface area contributed by atoms with Crippen molar-refractivity contribution in [2.75, 3.05) is 0 Å². The van der Waals surface area contributed by atoms with E-state index in [1.54, 1.807) is 24.7 Å². The van der Waals surface area contributed by atoms with Crippen LogP contribution in [0.15, 0.2) is 59.8 Å². The second-order valence-electron chi connectivity index (χ2n) is 5.37. The molecule has 2 N–H and O–H groups in total. The van der Waals surface area contributed by atoms with Gasteiger partial charge in [-0.25, -0.2) is 9.38 Å². The zero-order chi connectivity index (χ0) is 15.8. The third-order valence-electron chi connectivity index (χ3n) is 3.81. The summed E-state index contributed by atoms with van der Waals surface area (Å²) in [6.45, 7) is 1.90. The molecule has 0 fully saturated rings. The topological polar surface area (TPSA) is 62.2 Å². The molecule has 2 aromatic heterocycles. The first-order valence-corrected chi connectivity index (χ1v) is 7.26. The summed E-state index contributed by atoms with van der Waals surface area (Å²) < 4.78 is 14.3. The molecule has 0 aliphatic carbocycles. The van der Waals surface area contributed by atoms with Gasteiger partial charge in [-0.15, -0.1) is 0 Å². The smallest absolute Gasteiger partial charge is 0.161 e. The maximum absolute atomic E-state index is 14.3. The van der Waals surface area contributed by atoms with Gasteiger partial charge in [0.1, 0.15) is 11.7 Å². The molecule has 0 radical (unpaired) electrons. The van der Waals surface area contributed by atoms with Gasteiger partial charge < -0.3 is 10.6 Å². The van der Waals surface area contributed by atoms with E-state index in [-0.39, 0.29) is 12.0 Å². The minimum atomic E-state index is -0.364. The normalized spacial score (nSPS) is 19.5. The fraction of sp³-hybridized carbons (Fsp3) is 0.118. The number of aliphatic imine (C=N–C) groups is 1. The number of rotatable bonds is 2. The van der Waals surface area contributed by atoms with Crippen molar-refractivity contribution in [3.8, 4) is 0 Å². The van der Waals surface area contributed by atoms with Crippen molar-refractivity contribution >= 4 is 17.1 Å². The van der Waals surface area contributed by atoms with Crippen LogP contribution in [0.3, 0.4) is 0 Å². The van der Waals surface area contributed by atoms with Gasteiger partial charge >= 0.3 is 0 Å². The molecule has 4 rings (SSSR count). The van der Waals surface area contributed by atoms with Gasteiger partial charge in [0, 0.05) is 35.3 Å². The predicted octanol–water partition coefficient (Wildman–Crippen LogP) is 2.32. The van der Waals surface area contributed by atoms with E-state index in [2.05, 4.69) is 25.6 Å². The van der Waals surface area contributed by atoms with Crippen LogP contribution in [0.25, 0.3) is 11.3 Å².